The molecule has 1 amide bonds. The molecule has 0 bridgehead atoms. The Labute approximate surface area is 155 Å². The van der Waals surface area contributed by atoms with Crippen LogP contribution in [0.2, 0.25) is 0 Å². The maximum atomic E-state index is 12.6. The molecule has 1 aromatic heterocycles. The lowest BCUT2D eigenvalue weighted by Crippen LogP contribution is -2.47. The van der Waals surface area contributed by atoms with Crippen molar-refractivity contribution < 1.29 is 9.53 Å². The van der Waals surface area contributed by atoms with Gasteiger partial charge in [-0.3, -0.25) is 9.78 Å². The van der Waals surface area contributed by atoms with Crippen LogP contribution in [0.5, 0.6) is 0 Å². The van der Waals surface area contributed by atoms with E-state index in [4.69, 9.17) is 4.74 Å². The first-order chi connectivity index (χ1) is 12.6. The average Bonchev–Trinajstić information content (AvgIpc) is 3.08. The van der Waals surface area contributed by atoms with Gasteiger partial charge in [-0.05, 0) is 50.6 Å². The number of carbonyl (C=O) groups is 1. The molecule has 1 aliphatic heterocycles. The second-order valence-corrected chi connectivity index (χ2v) is 7.21. The van der Waals surface area contributed by atoms with Crippen LogP contribution in [-0.4, -0.2) is 55.2 Å². The third-order valence-corrected chi connectivity index (χ3v) is 5.57. The molecule has 0 spiro atoms. The first kappa shape index (κ1) is 18.8. The van der Waals surface area contributed by atoms with E-state index in [1.165, 1.54) is 12.0 Å². The van der Waals surface area contributed by atoms with Gasteiger partial charge in [0.1, 0.15) is 0 Å². The zero-order valence-electron chi connectivity index (χ0n) is 15.9. The Hall–Kier alpha value is -1.98. The first-order valence-corrected chi connectivity index (χ1v) is 9.45. The van der Waals surface area contributed by atoms with Gasteiger partial charge < -0.3 is 15.0 Å². The highest BCUT2D eigenvalue weighted by molar-refractivity contribution is 5.82. The van der Waals surface area contributed by atoms with Crippen molar-refractivity contribution in [2.45, 2.75) is 38.3 Å². The number of likely N-dealkylation sites (N-methyl/N-ethyl adjacent to an activating group) is 1. The Morgan fingerprint density at radius 2 is 2.19 bits per heavy atom. The molecule has 1 aliphatic rings. The molecule has 26 heavy (non-hydrogen) atoms. The van der Waals surface area contributed by atoms with E-state index >= 15 is 0 Å². The summed E-state index contributed by atoms with van der Waals surface area (Å²) in [5, 5.41) is 4.24. The summed E-state index contributed by atoms with van der Waals surface area (Å²) in [6.45, 7) is 3.67. The number of nitrogens with zero attached hydrogens (tertiary/aromatic N) is 2. The molecule has 0 aliphatic carbocycles. The van der Waals surface area contributed by atoms with Gasteiger partial charge in [-0.1, -0.05) is 25.1 Å². The highest BCUT2D eigenvalue weighted by Gasteiger charge is 2.35. The van der Waals surface area contributed by atoms with E-state index in [1.807, 2.05) is 37.4 Å². The van der Waals surface area contributed by atoms with Gasteiger partial charge in [-0.25, -0.2) is 0 Å². The molecular formula is C21H29N3O2. The van der Waals surface area contributed by atoms with E-state index in [0.717, 1.165) is 30.3 Å². The molecule has 140 valence electrons. The van der Waals surface area contributed by atoms with Crippen LogP contribution in [0.25, 0.3) is 10.9 Å². The normalized spacial score (nSPS) is 20.2. The largest absolute Gasteiger partial charge is 0.379 e. The maximum Gasteiger partial charge on any atom is 0.225 e. The van der Waals surface area contributed by atoms with E-state index < -0.39 is 0 Å². The van der Waals surface area contributed by atoms with Crippen molar-refractivity contribution in [3.05, 3.63) is 42.1 Å². The Morgan fingerprint density at radius 1 is 1.38 bits per heavy atom. The molecule has 2 heterocycles. The minimum atomic E-state index is -0.167. The van der Waals surface area contributed by atoms with E-state index in [-0.39, 0.29) is 17.9 Å². The second-order valence-electron chi connectivity index (χ2n) is 7.21. The molecular weight excluding hydrogens is 326 g/mol. The number of hydrogen-bond acceptors (Lipinski definition) is 4. The minimum Gasteiger partial charge on any atom is -0.379 e. The second kappa shape index (κ2) is 8.60. The number of likely N-dealkylation sites (tertiary alicyclic amines) is 1. The van der Waals surface area contributed by atoms with Crippen LogP contribution < -0.4 is 5.32 Å². The zero-order chi connectivity index (χ0) is 18.5. The highest BCUT2D eigenvalue weighted by atomic mass is 16.5. The van der Waals surface area contributed by atoms with Crippen molar-refractivity contribution in [3.63, 3.8) is 0 Å². The summed E-state index contributed by atoms with van der Waals surface area (Å²) in [6.07, 6.45) is 4.82. The topological polar surface area (TPSA) is 54.5 Å². The van der Waals surface area contributed by atoms with E-state index in [2.05, 4.69) is 28.3 Å². The van der Waals surface area contributed by atoms with Crippen molar-refractivity contribution in [3.8, 4) is 0 Å². The highest BCUT2D eigenvalue weighted by Crippen LogP contribution is 2.24. The lowest BCUT2D eigenvalue weighted by Gasteiger charge is -2.31. The summed E-state index contributed by atoms with van der Waals surface area (Å²) in [6, 6.07) is 10.5. The van der Waals surface area contributed by atoms with Gasteiger partial charge in [-0.15, -0.1) is 0 Å². The van der Waals surface area contributed by atoms with Crippen LogP contribution in [0.15, 0.2) is 36.5 Å². The monoisotopic (exact) mass is 355 g/mol. The molecule has 3 unspecified atom stereocenters. The Balaban J connectivity index is 1.57. The number of ether oxygens (including phenoxy) is 1. The lowest BCUT2D eigenvalue weighted by atomic mass is 9.95. The number of carbonyl (C=O) groups excluding carboxylic acids is 1. The van der Waals surface area contributed by atoms with Crippen LogP contribution >= 0.6 is 0 Å². The third-order valence-electron chi connectivity index (χ3n) is 5.57. The average molecular weight is 355 g/mol. The lowest BCUT2D eigenvalue weighted by molar-refractivity contribution is -0.130. The molecule has 5 heteroatoms. The molecule has 1 saturated heterocycles. The molecule has 1 aromatic carbocycles. The molecule has 1 fully saturated rings. The fourth-order valence-electron chi connectivity index (χ4n) is 4.05. The van der Waals surface area contributed by atoms with Crippen LogP contribution in [-0.2, 0) is 16.0 Å². The van der Waals surface area contributed by atoms with E-state index in [0.29, 0.717) is 12.6 Å². The number of amides is 1. The number of pyridine rings is 1. The summed E-state index contributed by atoms with van der Waals surface area (Å²) in [5.41, 5.74) is 2.20. The van der Waals surface area contributed by atoms with Crippen molar-refractivity contribution in [1.29, 1.82) is 0 Å². The Bertz CT molecular complexity index is 744. The molecule has 2 aromatic rings. The summed E-state index contributed by atoms with van der Waals surface area (Å²) in [4.78, 5) is 19.3. The van der Waals surface area contributed by atoms with Crippen molar-refractivity contribution in [1.82, 2.24) is 15.2 Å². The number of fused-ring (bicyclic) bond motifs is 1. The fourth-order valence-corrected chi connectivity index (χ4v) is 4.05. The van der Waals surface area contributed by atoms with Gasteiger partial charge in [0.25, 0.3) is 0 Å². The fraction of sp³-hybridized carbons (Fsp3) is 0.524. The summed E-state index contributed by atoms with van der Waals surface area (Å²) in [5.74, 6) is -0.102. The van der Waals surface area contributed by atoms with Gasteiger partial charge in [0.15, 0.2) is 0 Å². The molecule has 0 saturated carbocycles. The molecule has 3 rings (SSSR count). The number of hydrogen-bond donors (Lipinski definition) is 1. The third kappa shape index (κ3) is 4.05. The predicted octanol–water partition coefficient (Wildman–Crippen LogP) is 2.64. The zero-order valence-corrected chi connectivity index (χ0v) is 15.9. The van der Waals surface area contributed by atoms with Gasteiger partial charge in [0, 0.05) is 31.3 Å². The smallest absolute Gasteiger partial charge is 0.225 e. The van der Waals surface area contributed by atoms with Crippen LogP contribution in [0, 0.1) is 5.92 Å². The van der Waals surface area contributed by atoms with Gasteiger partial charge in [0.2, 0.25) is 5.91 Å². The van der Waals surface area contributed by atoms with Crippen molar-refractivity contribution in [2.24, 2.45) is 5.92 Å². The number of methoxy groups -OCH3 is 1. The van der Waals surface area contributed by atoms with Crippen LogP contribution in [0.1, 0.15) is 25.3 Å². The van der Waals surface area contributed by atoms with E-state index in [9.17, 15) is 4.79 Å². The SMILES string of the molecule is COC(C(C)C(=O)NCCc1ccnc2ccccc12)C1CCCN1C. The molecule has 5 nitrogen and oxygen atoms in total. The van der Waals surface area contributed by atoms with Gasteiger partial charge in [-0.2, -0.15) is 0 Å². The Morgan fingerprint density at radius 3 is 2.92 bits per heavy atom. The first-order valence-electron chi connectivity index (χ1n) is 9.45. The van der Waals surface area contributed by atoms with Crippen LogP contribution in [0.3, 0.4) is 0 Å². The van der Waals surface area contributed by atoms with Gasteiger partial charge in [0.05, 0.1) is 17.5 Å². The summed E-state index contributed by atoms with van der Waals surface area (Å²) in [7, 11) is 3.83. The van der Waals surface area contributed by atoms with Gasteiger partial charge >= 0.3 is 0 Å². The van der Waals surface area contributed by atoms with Crippen LogP contribution in [0.4, 0.5) is 0 Å². The number of nitrogens with one attached hydrogen (secondary N) is 1. The van der Waals surface area contributed by atoms with Crippen molar-refractivity contribution in [2.75, 3.05) is 27.2 Å². The predicted molar refractivity (Wildman–Crippen MR) is 104 cm³/mol. The molecule has 3 atom stereocenters. The Kier molecular flexibility index (Phi) is 6.22. The summed E-state index contributed by atoms with van der Waals surface area (Å²) < 4.78 is 5.70. The standard InChI is InChI=1S/C21H29N3O2/c1-15(20(26-3)19-9-6-14-24(19)2)21(25)23-13-11-16-10-12-22-18-8-5-4-7-17(16)18/h4-5,7-8,10,12,15,19-20H,6,9,11,13-14H2,1-3H3,(H,23,25). The summed E-state index contributed by atoms with van der Waals surface area (Å²) >= 11 is 0. The molecule has 1 N–H and O–H groups in total. The van der Waals surface area contributed by atoms with Crippen molar-refractivity contribution >= 4 is 16.8 Å². The number of aromatic nitrogens is 1. The number of para-hydroxylation sites is 1. The maximum absolute atomic E-state index is 12.6. The number of benzene rings is 1. The number of rotatable bonds is 7. The molecule has 0 radical (unpaired) electrons. The minimum absolute atomic E-state index is 0.0653. The quantitative estimate of drug-likeness (QED) is 0.830. The van der Waals surface area contributed by atoms with E-state index in [1.54, 1.807) is 7.11 Å².